The molecule has 0 aliphatic rings. The van der Waals surface area contributed by atoms with Crippen LogP contribution in [-0.4, -0.2) is 25.0 Å². The fourth-order valence-corrected chi connectivity index (χ4v) is 2.55. The molecule has 0 aliphatic carbocycles. The van der Waals surface area contributed by atoms with Crippen LogP contribution in [0.1, 0.15) is 25.5 Å². The number of likely N-dealkylation sites (N-methyl/N-ethyl adjacent to an activating group) is 1. The molecule has 17 heavy (non-hydrogen) atoms. The van der Waals surface area contributed by atoms with Gasteiger partial charge in [-0.3, -0.25) is 4.90 Å². The van der Waals surface area contributed by atoms with Crippen molar-refractivity contribution in [3.8, 4) is 0 Å². The number of halogens is 2. The maximum Gasteiger partial charge on any atom is 0.0482 e. The highest BCUT2D eigenvalue weighted by Crippen LogP contribution is 2.29. The van der Waals surface area contributed by atoms with Crippen molar-refractivity contribution in [2.24, 2.45) is 11.7 Å². The minimum Gasteiger partial charge on any atom is -0.329 e. The Hall–Kier alpha value is -0.280. The molecule has 0 radical (unpaired) electrons. The minimum atomic E-state index is 0.141. The molecular formula is C13H20Cl2N2. The van der Waals surface area contributed by atoms with E-state index in [0.29, 0.717) is 22.5 Å². The van der Waals surface area contributed by atoms with Crippen molar-refractivity contribution in [2.75, 3.05) is 20.1 Å². The summed E-state index contributed by atoms with van der Waals surface area (Å²) >= 11 is 12.1. The van der Waals surface area contributed by atoms with Crippen LogP contribution in [0.15, 0.2) is 18.2 Å². The Balaban J connectivity index is 2.93. The van der Waals surface area contributed by atoms with Crippen LogP contribution < -0.4 is 5.73 Å². The van der Waals surface area contributed by atoms with Crippen molar-refractivity contribution in [1.82, 2.24) is 4.90 Å². The maximum atomic E-state index is 6.22. The van der Waals surface area contributed by atoms with Gasteiger partial charge in [-0.1, -0.05) is 43.1 Å². The van der Waals surface area contributed by atoms with Crippen molar-refractivity contribution in [3.05, 3.63) is 33.8 Å². The van der Waals surface area contributed by atoms with Crippen LogP contribution in [0.4, 0.5) is 0 Å². The van der Waals surface area contributed by atoms with Gasteiger partial charge in [-0.05, 0) is 30.7 Å². The van der Waals surface area contributed by atoms with Gasteiger partial charge in [0, 0.05) is 29.2 Å². The molecule has 2 nitrogen and oxygen atoms in total. The smallest absolute Gasteiger partial charge is 0.0482 e. The third kappa shape index (κ3) is 4.14. The molecule has 96 valence electrons. The van der Waals surface area contributed by atoms with E-state index in [1.807, 2.05) is 12.1 Å². The molecule has 4 heteroatoms. The lowest BCUT2D eigenvalue weighted by molar-refractivity contribution is 0.224. The van der Waals surface area contributed by atoms with E-state index in [2.05, 4.69) is 25.8 Å². The Morgan fingerprint density at radius 2 is 1.94 bits per heavy atom. The number of benzene rings is 1. The topological polar surface area (TPSA) is 29.3 Å². The van der Waals surface area contributed by atoms with Crippen LogP contribution in [-0.2, 0) is 0 Å². The summed E-state index contributed by atoms with van der Waals surface area (Å²) in [5, 5.41) is 1.34. The van der Waals surface area contributed by atoms with Crippen LogP contribution in [0, 0.1) is 5.92 Å². The fraction of sp³-hybridized carbons (Fsp3) is 0.538. The molecule has 0 saturated carbocycles. The zero-order valence-electron chi connectivity index (χ0n) is 10.6. The van der Waals surface area contributed by atoms with E-state index in [4.69, 9.17) is 28.9 Å². The van der Waals surface area contributed by atoms with Gasteiger partial charge >= 0.3 is 0 Å². The number of rotatable bonds is 5. The molecule has 0 aliphatic heterocycles. The summed E-state index contributed by atoms with van der Waals surface area (Å²) in [5.41, 5.74) is 6.90. The predicted octanol–water partition coefficient (Wildman–Crippen LogP) is 3.58. The molecule has 0 bridgehead atoms. The van der Waals surface area contributed by atoms with E-state index in [9.17, 15) is 0 Å². The lowest BCUT2D eigenvalue weighted by Crippen LogP contribution is -2.33. The first-order valence-electron chi connectivity index (χ1n) is 5.81. The third-order valence-corrected chi connectivity index (χ3v) is 3.29. The molecule has 2 N–H and O–H groups in total. The van der Waals surface area contributed by atoms with Gasteiger partial charge in [0.25, 0.3) is 0 Å². The Labute approximate surface area is 114 Å². The van der Waals surface area contributed by atoms with E-state index in [-0.39, 0.29) is 6.04 Å². The lowest BCUT2D eigenvalue weighted by Gasteiger charge is -2.29. The monoisotopic (exact) mass is 274 g/mol. The minimum absolute atomic E-state index is 0.141. The summed E-state index contributed by atoms with van der Waals surface area (Å²) < 4.78 is 0. The zero-order valence-corrected chi connectivity index (χ0v) is 12.1. The SMILES string of the molecule is CC(C)CN(C)C(CN)c1ccc(Cl)cc1Cl. The van der Waals surface area contributed by atoms with Crippen molar-refractivity contribution >= 4 is 23.2 Å². The molecule has 0 amide bonds. The second-order valence-corrected chi connectivity index (χ2v) is 5.59. The van der Waals surface area contributed by atoms with E-state index < -0.39 is 0 Å². The van der Waals surface area contributed by atoms with Crippen LogP contribution in [0.25, 0.3) is 0 Å². The molecule has 1 aromatic rings. The Morgan fingerprint density at radius 1 is 1.29 bits per heavy atom. The highest BCUT2D eigenvalue weighted by Gasteiger charge is 2.18. The Morgan fingerprint density at radius 3 is 2.41 bits per heavy atom. The van der Waals surface area contributed by atoms with Crippen LogP contribution in [0.5, 0.6) is 0 Å². The van der Waals surface area contributed by atoms with Gasteiger partial charge in [0.2, 0.25) is 0 Å². The first-order valence-corrected chi connectivity index (χ1v) is 6.56. The number of hydrogen-bond acceptors (Lipinski definition) is 2. The number of nitrogens with zero attached hydrogens (tertiary/aromatic N) is 1. The van der Waals surface area contributed by atoms with E-state index in [1.54, 1.807) is 6.07 Å². The Kier molecular flexibility index (Phi) is 5.74. The van der Waals surface area contributed by atoms with Gasteiger partial charge in [-0.25, -0.2) is 0 Å². The molecule has 1 aromatic carbocycles. The fourth-order valence-electron chi connectivity index (χ4n) is 2.02. The molecular weight excluding hydrogens is 255 g/mol. The molecule has 1 rings (SSSR count). The standard InChI is InChI=1S/C13H20Cl2N2/c1-9(2)8-17(3)13(7-16)11-5-4-10(14)6-12(11)15/h4-6,9,13H,7-8,16H2,1-3H3. The first-order chi connectivity index (χ1) is 7.95. The summed E-state index contributed by atoms with van der Waals surface area (Å²) in [6.45, 7) is 5.91. The summed E-state index contributed by atoms with van der Waals surface area (Å²) in [4.78, 5) is 2.24. The van der Waals surface area contributed by atoms with E-state index in [0.717, 1.165) is 12.1 Å². The first kappa shape index (κ1) is 14.8. The summed E-state index contributed by atoms with van der Waals surface area (Å²) in [6.07, 6.45) is 0. The average molecular weight is 275 g/mol. The molecule has 0 aromatic heterocycles. The van der Waals surface area contributed by atoms with Crippen molar-refractivity contribution in [3.63, 3.8) is 0 Å². The van der Waals surface area contributed by atoms with Crippen molar-refractivity contribution < 1.29 is 0 Å². The van der Waals surface area contributed by atoms with Crippen molar-refractivity contribution in [2.45, 2.75) is 19.9 Å². The quantitative estimate of drug-likeness (QED) is 0.890. The van der Waals surface area contributed by atoms with Crippen LogP contribution >= 0.6 is 23.2 Å². The second kappa shape index (κ2) is 6.60. The van der Waals surface area contributed by atoms with Gasteiger partial charge < -0.3 is 5.73 Å². The molecule has 0 saturated heterocycles. The number of nitrogens with two attached hydrogens (primary N) is 1. The normalized spacial score (nSPS) is 13.4. The molecule has 0 spiro atoms. The summed E-state index contributed by atoms with van der Waals surface area (Å²) in [6, 6.07) is 5.72. The van der Waals surface area contributed by atoms with Gasteiger partial charge in [0.05, 0.1) is 0 Å². The number of hydrogen-bond donors (Lipinski definition) is 1. The largest absolute Gasteiger partial charge is 0.329 e. The maximum absolute atomic E-state index is 6.22. The average Bonchev–Trinajstić information content (AvgIpc) is 2.21. The molecule has 1 atom stereocenters. The predicted molar refractivity (Wildman–Crippen MR) is 75.7 cm³/mol. The lowest BCUT2D eigenvalue weighted by atomic mass is 10.0. The highest BCUT2D eigenvalue weighted by molar-refractivity contribution is 6.35. The van der Waals surface area contributed by atoms with E-state index >= 15 is 0 Å². The zero-order chi connectivity index (χ0) is 13.0. The van der Waals surface area contributed by atoms with Crippen molar-refractivity contribution in [1.29, 1.82) is 0 Å². The molecule has 0 fully saturated rings. The second-order valence-electron chi connectivity index (χ2n) is 4.75. The Bertz CT molecular complexity index is 366. The van der Waals surface area contributed by atoms with Gasteiger partial charge in [0.15, 0.2) is 0 Å². The summed E-state index contributed by atoms with van der Waals surface area (Å²) in [5.74, 6) is 0.597. The third-order valence-electron chi connectivity index (χ3n) is 2.73. The van der Waals surface area contributed by atoms with Gasteiger partial charge in [0.1, 0.15) is 0 Å². The molecule has 0 heterocycles. The summed E-state index contributed by atoms with van der Waals surface area (Å²) in [7, 11) is 2.07. The highest BCUT2D eigenvalue weighted by atomic mass is 35.5. The van der Waals surface area contributed by atoms with Gasteiger partial charge in [-0.2, -0.15) is 0 Å². The van der Waals surface area contributed by atoms with Gasteiger partial charge in [-0.15, -0.1) is 0 Å². The van der Waals surface area contributed by atoms with E-state index in [1.165, 1.54) is 0 Å². The van der Waals surface area contributed by atoms with Crippen LogP contribution in [0.2, 0.25) is 10.0 Å². The molecule has 1 unspecified atom stereocenters. The van der Waals surface area contributed by atoms with Crippen LogP contribution in [0.3, 0.4) is 0 Å².